The zero-order valence-corrected chi connectivity index (χ0v) is 10.5. The van der Waals surface area contributed by atoms with Gasteiger partial charge in [0.05, 0.1) is 13.7 Å². The first-order valence-electron chi connectivity index (χ1n) is 5.69. The molecule has 0 aliphatic rings. The maximum atomic E-state index is 11.9. The van der Waals surface area contributed by atoms with E-state index in [2.05, 4.69) is 0 Å². The molecule has 4 nitrogen and oxygen atoms in total. The van der Waals surface area contributed by atoms with Crippen LogP contribution in [0.15, 0.2) is 24.3 Å². The number of hydrogen-bond acceptors (Lipinski definition) is 4. The monoisotopic (exact) mass is 237 g/mol. The van der Waals surface area contributed by atoms with E-state index in [1.54, 1.807) is 38.3 Å². The first kappa shape index (κ1) is 13.5. The second-order valence-electron chi connectivity index (χ2n) is 3.77. The fraction of sp³-hybridized carbons (Fsp3) is 0.462. The summed E-state index contributed by atoms with van der Waals surface area (Å²) in [6.45, 7) is 3.96. The van der Waals surface area contributed by atoms with Gasteiger partial charge in [-0.1, -0.05) is 19.1 Å². The highest BCUT2D eigenvalue weighted by molar-refractivity contribution is 5.82. The fourth-order valence-electron chi connectivity index (χ4n) is 1.61. The summed E-state index contributed by atoms with van der Waals surface area (Å²) in [5, 5.41) is 0. The van der Waals surface area contributed by atoms with Crippen LogP contribution in [0.5, 0.6) is 5.75 Å². The maximum Gasteiger partial charge on any atom is 0.330 e. The highest BCUT2D eigenvalue weighted by Gasteiger charge is 2.35. The van der Waals surface area contributed by atoms with Crippen molar-refractivity contribution in [3.8, 4) is 5.75 Å². The molecule has 4 heteroatoms. The van der Waals surface area contributed by atoms with Crippen LogP contribution >= 0.6 is 0 Å². The zero-order valence-electron chi connectivity index (χ0n) is 10.5. The van der Waals surface area contributed by atoms with Gasteiger partial charge in [-0.2, -0.15) is 0 Å². The molecule has 0 fully saturated rings. The summed E-state index contributed by atoms with van der Waals surface area (Å²) >= 11 is 0. The Kier molecular flexibility index (Phi) is 4.52. The summed E-state index contributed by atoms with van der Waals surface area (Å²) in [5.74, 6) is 0.337. The van der Waals surface area contributed by atoms with E-state index < -0.39 is 11.5 Å². The smallest absolute Gasteiger partial charge is 0.330 e. The van der Waals surface area contributed by atoms with E-state index in [4.69, 9.17) is 15.2 Å². The molecule has 0 heterocycles. The minimum atomic E-state index is -1.08. The SMILES string of the molecule is CCOC(=O)C(N)(CC)c1ccc(OC)cc1. The Morgan fingerprint density at radius 1 is 1.29 bits per heavy atom. The van der Waals surface area contributed by atoms with Crippen LogP contribution in [-0.4, -0.2) is 19.7 Å². The number of methoxy groups -OCH3 is 1. The van der Waals surface area contributed by atoms with E-state index in [1.807, 2.05) is 6.92 Å². The lowest BCUT2D eigenvalue weighted by Gasteiger charge is -2.26. The average molecular weight is 237 g/mol. The van der Waals surface area contributed by atoms with Crippen LogP contribution in [0.2, 0.25) is 0 Å². The molecular formula is C13H19NO3. The Hall–Kier alpha value is -1.55. The number of ether oxygens (including phenoxy) is 2. The van der Waals surface area contributed by atoms with Crippen LogP contribution in [0.4, 0.5) is 0 Å². The number of esters is 1. The summed E-state index contributed by atoms with van der Waals surface area (Å²) in [5.41, 5.74) is 5.78. The molecule has 0 bridgehead atoms. The summed E-state index contributed by atoms with van der Waals surface area (Å²) in [4.78, 5) is 11.9. The number of benzene rings is 1. The van der Waals surface area contributed by atoms with Crippen molar-refractivity contribution in [3.63, 3.8) is 0 Å². The van der Waals surface area contributed by atoms with E-state index in [-0.39, 0.29) is 0 Å². The number of rotatable bonds is 5. The maximum absolute atomic E-state index is 11.9. The van der Waals surface area contributed by atoms with Gasteiger partial charge in [0, 0.05) is 0 Å². The Balaban J connectivity index is 3.02. The molecule has 94 valence electrons. The third kappa shape index (κ3) is 2.77. The van der Waals surface area contributed by atoms with E-state index in [0.717, 1.165) is 11.3 Å². The third-order valence-corrected chi connectivity index (χ3v) is 2.80. The van der Waals surface area contributed by atoms with Gasteiger partial charge < -0.3 is 15.2 Å². The summed E-state index contributed by atoms with van der Waals surface area (Å²) < 4.78 is 10.1. The molecule has 0 aliphatic heterocycles. The Morgan fingerprint density at radius 3 is 2.29 bits per heavy atom. The highest BCUT2D eigenvalue weighted by Crippen LogP contribution is 2.25. The van der Waals surface area contributed by atoms with Gasteiger partial charge in [0.25, 0.3) is 0 Å². The standard InChI is InChI=1S/C13H19NO3/c1-4-13(14,12(15)17-5-2)10-6-8-11(16-3)9-7-10/h6-9H,4-5,14H2,1-3H3. The number of nitrogens with two attached hydrogens (primary N) is 1. The molecule has 0 spiro atoms. The average Bonchev–Trinajstić information content (AvgIpc) is 2.38. The van der Waals surface area contributed by atoms with Gasteiger partial charge in [-0.15, -0.1) is 0 Å². The number of carbonyl (C=O) groups excluding carboxylic acids is 1. The molecule has 0 aliphatic carbocycles. The lowest BCUT2D eigenvalue weighted by Crippen LogP contribution is -2.45. The van der Waals surface area contributed by atoms with E-state index >= 15 is 0 Å². The van der Waals surface area contributed by atoms with E-state index in [0.29, 0.717) is 13.0 Å². The summed E-state index contributed by atoms with van der Waals surface area (Å²) in [6, 6.07) is 7.15. The number of hydrogen-bond donors (Lipinski definition) is 1. The number of carbonyl (C=O) groups is 1. The Bertz CT molecular complexity index is 375. The normalized spacial score (nSPS) is 13.9. The van der Waals surface area contributed by atoms with Crippen LogP contribution < -0.4 is 10.5 Å². The molecule has 0 radical (unpaired) electrons. The molecule has 1 atom stereocenters. The van der Waals surface area contributed by atoms with Gasteiger partial charge in [-0.25, -0.2) is 4.79 Å². The van der Waals surface area contributed by atoms with Crippen LogP contribution in [0.3, 0.4) is 0 Å². The highest BCUT2D eigenvalue weighted by atomic mass is 16.5. The first-order valence-corrected chi connectivity index (χ1v) is 5.69. The Labute approximate surface area is 102 Å². The molecule has 1 aromatic rings. The molecule has 1 aromatic carbocycles. The van der Waals surface area contributed by atoms with Gasteiger partial charge in [0.2, 0.25) is 0 Å². The van der Waals surface area contributed by atoms with Gasteiger partial charge in [-0.05, 0) is 31.0 Å². The van der Waals surface area contributed by atoms with E-state index in [9.17, 15) is 4.79 Å². The van der Waals surface area contributed by atoms with Crippen molar-refractivity contribution in [1.82, 2.24) is 0 Å². The van der Waals surface area contributed by atoms with Gasteiger partial charge in [-0.3, -0.25) is 0 Å². The van der Waals surface area contributed by atoms with Crippen molar-refractivity contribution in [2.75, 3.05) is 13.7 Å². The third-order valence-electron chi connectivity index (χ3n) is 2.80. The minimum absolute atomic E-state index is 0.327. The lowest BCUT2D eigenvalue weighted by molar-refractivity contribution is -0.150. The van der Waals surface area contributed by atoms with Crippen molar-refractivity contribution in [2.45, 2.75) is 25.8 Å². The van der Waals surface area contributed by atoms with Crippen molar-refractivity contribution in [3.05, 3.63) is 29.8 Å². The van der Waals surface area contributed by atoms with Crippen LogP contribution in [-0.2, 0) is 15.1 Å². The second-order valence-corrected chi connectivity index (χ2v) is 3.77. The largest absolute Gasteiger partial charge is 0.497 e. The topological polar surface area (TPSA) is 61.5 Å². The Morgan fingerprint density at radius 2 is 1.88 bits per heavy atom. The quantitative estimate of drug-likeness (QED) is 0.793. The van der Waals surface area contributed by atoms with Crippen LogP contribution in [0.1, 0.15) is 25.8 Å². The minimum Gasteiger partial charge on any atom is -0.497 e. The molecule has 2 N–H and O–H groups in total. The van der Waals surface area contributed by atoms with Crippen LogP contribution in [0, 0.1) is 0 Å². The molecular weight excluding hydrogens is 218 g/mol. The van der Waals surface area contributed by atoms with Crippen molar-refractivity contribution < 1.29 is 14.3 Å². The van der Waals surface area contributed by atoms with Gasteiger partial charge in [0.15, 0.2) is 0 Å². The predicted molar refractivity (Wildman–Crippen MR) is 65.8 cm³/mol. The van der Waals surface area contributed by atoms with Crippen molar-refractivity contribution in [2.24, 2.45) is 5.73 Å². The second kappa shape index (κ2) is 5.68. The molecule has 0 saturated carbocycles. The zero-order chi connectivity index (χ0) is 12.9. The lowest BCUT2D eigenvalue weighted by atomic mass is 9.88. The summed E-state index contributed by atoms with van der Waals surface area (Å²) in [6.07, 6.45) is 0.484. The molecule has 1 rings (SSSR count). The van der Waals surface area contributed by atoms with Gasteiger partial charge in [0.1, 0.15) is 11.3 Å². The predicted octanol–water partition coefficient (Wildman–Crippen LogP) is 1.82. The summed E-state index contributed by atoms with van der Waals surface area (Å²) in [7, 11) is 1.59. The molecule has 0 saturated heterocycles. The van der Waals surface area contributed by atoms with Crippen molar-refractivity contribution >= 4 is 5.97 Å². The van der Waals surface area contributed by atoms with E-state index in [1.165, 1.54) is 0 Å². The molecule has 17 heavy (non-hydrogen) atoms. The van der Waals surface area contributed by atoms with Crippen molar-refractivity contribution in [1.29, 1.82) is 0 Å². The molecule has 0 aromatic heterocycles. The molecule has 1 unspecified atom stereocenters. The fourth-order valence-corrected chi connectivity index (χ4v) is 1.61. The van der Waals surface area contributed by atoms with Crippen LogP contribution in [0.25, 0.3) is 0 Å². The first-order chi connectivity index (χ1) is 8.08. The molecule has 0 amide bonds. The van der Waals surface area contributed by atoms with Gasteiger partial charge >= 0.3 is 5.97 Å².